The van der Waals surface area contributed by atoms with Crippen LogP contribution in [0.5, 0.6) is 11.5 Å². The number of hydrogen-bond acceptors (Lipinski definition) is 5. The maximum absolute atomic E-state index is 12.2. The maximum atomic E-state index is 12.2. The van der Waals surface area contributed by atoms with E-state index in [4.69, 9.17) is 4.74 Å². The number of aliphatic hydroxyl groups excluding tert-OH is 1. The number of carbonyl (C=O) groups excluding carboxylic acids is 1. The Labute approximate surface area is 140 Å². The highest BCUT2D eigenvalue weighted by molar-refractivity contribution is 6.01. The van der Waals surface area contributed by atoms with E-state index in [-0.39, 0.29) is 23.4 Å². The molecule has 0 spiro atoms. The van der Waals surface area contributed by atoms with Crippen LogP contribution in [0, 0.1) is 0 Å². The van der Waals surface area contributed by atoms with Crippen molar-refractivity contribution in [3.63, 3.8) is 0 Å². The summed E-state index contributed by atoms with van der Waals surface area (Å²) in [5.41, 5.74) is 1.54. The number of ketones is 1. The van der Waals surface area contributed by atoms with Crippen LogP contribution in [0.1, 0.15) is 28.8 Å². The van der Waals surface area contributed by atoms with E-state index in [0.29, 0.717) is 24.8 Å². The van der Waals surface area contributed by atoms with Crippen molar-refractivity contribution in [3.05, 3.63) is 59.7 Å². The van der Waals surface area contributed by atoms with Gasteiger partial charge in [0.2, 0.25) is 0 Å². The minimum atomic E-state index is -0.540. The summed E-state index contributed by atoms with van der Waals surface area (Å²) in [5, 5.41) is 28.6. The third-order valence-corrected chi connectivity index (χ3v) is 4.20. The van der Waals surface area contributed by atoms with Crippen LogP contribution in [0.2, 0.25) is 0 Å². The first kappa shape index (κ1) is 16.5. The third-order valence-electron chi connectivity index (χ3n) is 4.20. The molecule has 24 heavy (non-hydrogen) atoms. The summed E-state index contributed by atoms with van der Waals surface area (Å²) in [4.78, 5) is 12.2. The fourth-order valence-corrected chi connectivity index (χ4v) is 2.72. The molecular formula is C19H20O5. The van der Waals surface area contributed by atoms with Crippen LogP contribution < -0.4 is 0 Å². The van der Waals surface area contributed by atoms with E-state index >= 15 is 0 Å². The highest BCUT2D eigenvalue weighted by Gasteiger charge is 2.45. The highest BCUT2D eigenvalue weighted by Crippen LogP contribution is 2.31. The Morgan fingerprint density at radius 2 is 1.58 bits per heavy atom. The van der Waals surface area contributed by atoms with Gasteiger partial charge in [-0.05, 0) is 54.8 Å². The molecule has 0 bridgehead atoms. The number of epoxide rings is 1. The molecule has 3 rings (SSSR count). The molecule has 1 aliphatic rings. The number of phenols is 2. The van der Waals surface area contributed by atoms with Crippen LogP contribution in [0.4, 0.5) is 0 Å². The molecule has 1 saturated heterocycles. The van der Waals surface area contributed by atoms with Crippen molar-refractivity contribution in [2.24, 2.45) is 0 Å². The number of hydrogen-bond donors (Lipinski definition) is 3. The maximum Gasteiger partial charge on any atom is 0.194 e. The van der Waals surface area contributed by atoms with Gasteiger partial charge in [-0.15, -0.1) is 0 Å². The predicted octanol–water partition coefficient (Wildman–Crippen LogP) is 2.43. The second-order valence-electron chi connectivity index (χ2n) is 6.10. The molecule has 0 amide bonds. The minimum Gasteiger partial charge on any atom is -0.508 e. The number of aliphatic hydroxyl groups is 1. The summed E-state index contributed by atoms with van der Waals surface area (Å²) in [5.74, 6) is 0.219. The molecule has 0 radical (unpaired) electrons. The van der Waals surface area contributed by atoms with E-state index in [1.165, 1.54) is 12.1 Å². The zero-order chi connectivity index (χ0) is 17.1. The second-order valence-corrected chi connectivity index (χ2v) is 6.10. The van der Waals surface area contributed by atoms with Crippen LogP contribution in [0.25, 0.3) is 0 Å². The van der Waals surface area contributed by atoms with Gasteiger partial charge in [-0.1, -0.05) is 12.1 Å². The largest absolute Gasteiger partial charge is 0.508 e. The molecule has 0 unspecified atom stereocenters. The van der Waals surface area contributed by atoms with Gasteiger partial charge in [0.05, 0.1) is 12.2 Å². The quantitative estimate of drug-likeness (QED) is 0.536. The first-order chi connectivity index (χ1) is 11.5. The number of phenolic OH excluding ortho intramolecular Hbond substituents is 2. The Balaban J connectivity index is 1.45. The molecule has 2 aromatic carbocycles. The van der Waals surface area contributed by atoms with Crippen molar-refractivity contribution in [3.8, 4) is 11.5 Å². The van der Waals surface area contributed by atoms with E-state index in [9.17, 15) is 20.1 Å². The summed E-state index contributed by atoms with van der Waals surface area (Å²) in [6.07, 6.45) is 0.405. The fourth-order valence-electron chi connectivity index (χ4n) is 2.72. The molecule has 126 valence electrons. The summed E-state index contributed by atoms with van der Waals surface area (Å²) >= 11 is 0. The number of aromatic hydroxyl groups is 2. The average Bonchev–Trinajstić information content (AvgIpc) is 3.33. The summed E-state index contributed by atoms with van der Waals surface area (Å²) in [7, 11) is 0. The van der Waals surface area contributed by atoms with E-state index < -0.39 is 12.2 Å². The summed E-state index contributed by atoms with van der Waals surface area (Å²) < 4.78 is 5.40. The second kappa shape index (κ2) is 7.03. The van der Waals surface area contributed by atoms with E-state index in [2.05, 4.69) is 0 Å². The van der Waals surface area contributed by atoms with Crippen LogP contribution in [0.15, 0.2) is 48.5 Å². The molecule has 5 nitrogen and oxygen atoms in total. The number of benzene rings is 2. The van der Waals surface area contributed by atoms with Gasteiger partial charge in [-0.3, -0.25) is 4.79 Å². The first-order valence-electron chi connectivity index (χ1n) is 7.97. The number of carbonyl (C=O) groups is 1. The van der Waals surface area contributed by atoms with Gasteiger partial charge >= 0.3 is 0 Å². The van der Waals surface area contributed by atoms with E-state index in [1.807, 2.05) is 12.1 Å². The van der Waals surface area contributed by atoms with Gasteiger partial charge in [0.25, 0.3) is 0 Å². The van der Waals surface area contributed by atoms with Gasteiger partial charge in [0.15, 0.2) is 5.78 Å². The molecule has 3 atom stereocenters. The number of aryl methyl sites for hydroxylation is 1. The molecule has 1 fully saturated rings. The topological polar surface area (TPSA) is 90.3 Å². The van der Waals surface area contributed by atoms with Crippen molar-refractivity contribution in [2.45, 2.75) is 37.6 Å². The molecule has 1 aliphatic heterocycles. The lowest BCUT2D eigenvalue weighted by Crippen LogP contribution is -2.16. The van der Waals surface area contributed by atoms with Crippen molar-refractivity contribution in [2.75, 3.05) is 0 Å². The SMILES string of the molecule is O=C(c1ccc(O)cc1)[C@H]1O[C@@H]1C[C@H](O)CCc1ccc(O)cc1. The van der Waals surface area contributed by atoms with Gasteiger partial charge in [0, 0.05) is 12.0 Å². The van der Waals surface area contributed by atoms with E-state index in [0.717, 1.165) is 5.56 Å². The Morgan fingerprint density at radius 3 is 2.21 bits per heavy atom. The Kier molecular flexibility index (Phi) is 4.83. The third kappa shape index (κ3) is 4.13. The molecule has 2 aromatic rings. The fraction of sp³-hybridized carbons (Fsp3) is 0.316. The molecule has 0 aromatic heterocycles. The number of rotatable bonds is 7. The zero-order valence-electron chi connectivity index (χ0n) is 13.1. The smallest absolute Gasteiger partial charge is 0.194 e. The lowest BCUT2D eigenvalue weighted by molar-refractivity contribution is 0.0953. The molecule has 0 aliphatic carbocycles. The molecule has 5 heteroatoms. The lowest BCUT2D eigenvalue weighted by atomic mass is 10.0. The number of Topliss-reactive ketones (excluding diaryl/α,β-unsaturated/α-hetero) is 1. The Morgan fingerprint density at radius 1 is 1.00 bits per heavy atom. The standard InChI is InChI=1S/C19H20O5/c20-14-6-1-12(2-7-14)3-8-16(22)11-17-19(24-17)18(23)13-4-9-15(21)10-5-13/h1-2,4-7,9-10,16-17,19-22H,3,8,11H2/t16-,17-,19+/m1/s1. The predicted molar refractivity (Wildman–Crippen MR) is 88.1 cm³/mol. The monoisotopic (exact) mass is 328 g/mol. The van der Waals surface area contributed by atoms with Crippen molar-refractivity contribution < 1.29 is 24.9 Å². The van der Waals surface area contributed by atoms with Crippen molar-refractivity contribution in [1.29, 1.82) is 0 Å². The molecular weight excluding hydrogens is 308 g/mol. The van der Waals surface area contributed by atoms with Gasteiger partial charge < -0.3 is 20.1 Å². The minimum absolute atomic E-state index is 0.115. The van der Waals surface area contributed by atoms with Crippen molar-refractivity contribution in [1.82, 2.24) is 0 Å². The summed E-state index contributed by atoms with van der Waals surface area (Å²) in [6.45, 7) is 0. The van der Waals surface area contributed by atoms with Crippen molar-refractivity contribution >= 4 is 5.78 Å². The molecule has 0 saturated carbocycles. The van der Waals surface area contributed by atoms with Gasteiger partial charge in [-0.25, -0.2) is 0 Å². The average molecular weight is 328 g/mol. The van der Waals surface area contributed by atoms with Crippen LogP contribution in [-0.2, 0) is 11.2 Å². The molecule has 3 N–H and O–H groups in total. The first-order valence-corrected chi connectivity index (χ1v) is 7.97. The van der Waals surface area contributed by atoms with Crippen LogP contribution >= 0.6 is 0 Å². The summed E-state index contributed by atoms with van der Waals surface area (Å²) in [6, 6.07) is 13.0. The lowest BCUT2D eigenvalue weighted by Gasteiger charge is -2.09. The van der Waals surface area contributed by atoms with Crippen LogP contribution in [-0.4, -0.2) is 39.4 Å². The Hall–Kier alpha value is -2.37. The Bertz CT molecular complexity index is 693. The van der Waals surface area contributed by atoms with Gasteiger partial charge in [-0.2, -0.15) is 0 Å². The normalized spacial score (nSPS) is 20.5. The highest BCUT2D eigenvalue weighted by atomic mass is 16.6. The van der Waals surface area contributed by atoms with E-state index in [1.54, 1.807) is 24.3 Å². The van der Waals surface area contributed by atoms with Crippen LogP contribution in [0.3, 0.4) is 0 Å². The number of ether oxygens (including phenoxy) is 1. The molecule has 1 heterocycles. The zero-order valence-corrected chi connectivity index (χ0v) is 13.1. The van der Waals surface area contributed by atoms with Gasteiger partial charge in [0.1, 0.15) is 17.6 Å².